The first-order chi connectivity index (χ1) is 8.28. The lowest BCUT2D eigenvalue weighted by Gasteiger charge is -2.01. The molecule has 2 aromatic rings. The van der Waals surface area contributed by atoms with Gasteiger partial charge in [0.05, 0.1) is 5.69 Å². The molecule has 0 saturated carbocycles. The van der Waals surface area contributed by atoms with Crippen molar-refractivity contribution in [3.05, 3.63) is 23.9 Å². The number of benzene rings is 1. The number of aromatic nitrogens is 1. The van der Waals surface area contributed by atoms with Crippen LogP contribution in [0, 0.1) is 0 Å². The fraction of sp³-hybridized carbons (Fsp3) is 0.250. The van der Waals surface area contributed by atoms with Gasteiger partial charge in [0.1, 0.15) is 0 Å². The van der Waals surface area contributed by atoms with Gasteiger partial charge in [-0.1, -0.05) is 6.92 Å². The molecule has 0 bridgehead atoms. The molecule has 0 atom stereocenters. The maximum Gasteiger partial charge on any atom is 0.292 e. The molecule has 0 amide bonds. The summed E-state index contributed by atoms with van der Waals surface area (Å²) < 4.78 is 16.0. The Morgan fingerprint density at radius 2 is 2.12 bits per heavy atom. The number of hydrogen-bond acceptors (Lipinski definition) is 5. The second-order valence-corrected chi connectivity index (χ2v) is 3.75. The van der Waals surface area contributed by atoms with E-state index >= 15 is 0 Å². The van der Waals surface area contributed by atoms with Gasteiger partial charge < -0.3 is 19.6 Å². The molecule has 0 saturated heterocycles. The highest BCUT2D eigenvalue weighted by Crippen LogP contribution is 2.37. The lowest BCUT2D eigenvalue weighted by atomic mass is 10.1. The number of oxazole rings is 1. The fourth-order valence-electron chi connectivity index (χ4n) is 1.87. The van der Waals surface area contributed by atoms with Crippen molar-refractivity contribution in [2.24, 2.45) is 0 Å². The van der Waals surface area contributed by atoms with E-state index in [1.807, 2.05) is 25.1 Å². The Hall–Kier alpha value is -2.17. The Kier molecular flexibility index (Phi) is 2.18. The summed E-state index contributed by atoms with van der Waals surface area (Å²) >= 11 is 0. The molecule has 88 valence electrons. The van der Waals surface area contributed by atoms with E-state index in [0.717, 1.165) is 29.2 Å². The summed E-state index contributed by atoms with van der Waals surface area (Å²) in [5, 5.41) is 0. The summed E-state index contributed by atoms with van der Waals surface area (Å²) in [5.41, 5.74) is 7.32. The maximum atomic E-state index is 5.57. The number of aryl methyl sites for hydroxylation is 1. The minimum Gasteiger partial charge on any atom is -0.454 e. The minimum absolute atomic E-state index is 0.189. The van der Waals surface area contributed by atoms with E-state index in [4.69, 9.17) is 19.6 Å². The van der Waals surface area contributed by atoms with Gasteiger partial charge in [0.2, 0.25) is 6.79 Å². The van der Waals surface area contributed by atoms with Crippen LogP contribution in [0.1, 0.15) is 12.6 Å². The molecular weight excluding hydrogens is 220 g/mol. The maximum absolute atomic E-state index is 5.57. The molecule has 1 aromatic carbocycles. The average Bonchev–Trinajstić information content (AvgIpc) is 2.93. The molecule has 17 heavy (non-hydrogen) atoms. The van der Waals surface area contributed by atoms with Crippen molar-refractivity contribution < 1.29 is 13.9 Å². The third-order valence-electron chi connectivity index (χ3n) is 2.68. The van der Waals surface area contributed by atoms with Gasteiger partial charge in [0, 0.05) is 5.56 Å². The Morgan fingerprint density at radius 1 is 1.29 bits per heavy atom. The molecule has 2 N–H and O–H groups in total. The summed E-state index contributed by atoms with van der Waals surface area (Å²) in [7, 11) is 0. The van der Waals surface area contributed by atoms with Crippen molar-refractivity contribution in [2.45, 2.75) is 13.3 Å². The van der Waals surface area contributed by atoms with Crippen molar-refractivity contribution in [3.63, 3.8) is 0 Å². The minimum atomic E-state index is 0.189. The van der Waals surface area contributed by atoms with Crippen molar-refractivity contribution in [1.82, 2.24) is 4.98 Å². The lowest BCUT2D eigenvalue weighted by Crippen LogP contribution is -1.92. The van der Waals surface area contributed by atoms with Crippen molar-refractivity contribution in [1.29, 1.82) is 0 Å². The molecule has 0 radical (unpaired) electrons. The Bertz CT molecular complexity index is 563. The topological polar surface area (TPSA) is 70.5 Å². The first kappa shape index (κ1) is 10.0. The van der Waals surface area contributed by atoms with E-state index in [1.165, 1.54) is 0 Å². The molecule has 0 unspecified atom stereocenters. The molecule has 1 aliphatic rings. The summed E-state index contributed by atoms with van der Waals surface area (Å²) in [6.07, 6.45) is 0.768. The largest absolute Gasteiger partial charge is 0.454 e. The van der Waals surface area contributed by atoms with Crippen LogP contribution in [0.5, 0.6) is 11.5 Å². The summed E-state index contributed by atoms with van der Waals surface area (Å²) in [4.78, 5) is 4.14. The summed E-state index contributed by atoms with van der Waals surface area (Å²) in [5.74, 6) is 2.17. The molecule has 5 nitrogen and oxygen atoms in total. The second-order valence-electron chi connectivity index (χ2n) is 3.75. The number of nitrogens with two attached hydrogens (primary N) is 1. The highest BCUT2D eigenvalue weighted by atomic mass is 16.7. The van der Waals surface area contributed by atoms with Crippen LogP contribution in [-0.2, 0) is 6.42 Å². The first-order valence-corrected chi connectivity index (χ1v) is 5.43. The molecule has 1 aromatic heterocycles. The molecule has 1 aliphatic heterocycles. The molecule has 0 fully saturated rings. The van der Waals surface area contributed by atoms with Crippen LogP contribution in [-0.4, -0.2) is 11.8 Å². The van der Waals surface area contributed by atoms with Crippen LogP contribution in [0.15, 0.2) is 22.6 Å². The van der Waals surface area contributed by atoms with Crippen LogP contribution in [0.3, 0.4) is 0 Å². The van der Waals surface area contributed by atoms with Crippen molar-refractivity contribution in [2.75, 3.05) is 12.5 Å². The predicted molar refractivity (Wildman–Crippen MR) is 61.9 cm³/mol. The third-order valence-corrected chi connectivity index (χ3v) is 2.68. The van der Waals surface area contributed by atoms with E-state index < -0.39 is 0 Å². The van der Waals surface area contributed by atoms with E-state index in [0.29, 0.717) is 5.76 Å². The molecule has 5 heteroatoms. The number of ether oxygens (including phenoxy) is 2. The summed E-state index contributed by atoms with van der Waals surface area (Å²) in [6.45, 7) is 2.27. The van der Waals surface area contributed by atoms with E-state index in [9.17, 15) is 0 Å². The van der Waals surface area contributed by atoms with Crippen LogP contribution in [0.25, 0.3) is 11.3 Å². The molecule has 2 heterocycles. The van der Waals surface area contributed by atoms with E-state index in [1.54, 1.807) is 0 Å². The monoisotopic (exact) mass is 232 g/mol. The zero-order chi connectivity index (χ0) is 11.8. The van der Waals surface area contributed by atoms with Gasteiger partial charge in [-0.25, -0.2) is 0 Å². The SMILES string of the molecule is CCc1nc(N)oc1-c1ccc2c(c1)OCO2. The third kappa shape index (κ3) is 1.60. The van der Waals surface area contributed by atoms with Crippen molar-refractivity contribution in [3.8, 4) is 22.8 Å². The zero-order valence-corrected chi connectivity index (χ0v) is 9.40. The van der Waals surface area contributed by atoms with Gasteiger partial charge in [0.25, 0.3) is 6.01 Å². The number of nitrogen functional groups attached to an aromatic ring is 1. The number of rotatable bonds is 2. The number of fused-ring (bicyclic) bond motifs is 1. The Labute approximate surface area is 98.2 Å². The lowest BCUT2D eigenvalue weighted by molar-refractivity contribution is 0.174. The van der Waals surface area contributed by atoms with Gasteiger partial charge in [-0.15, -0.1) is 0 Å². The second kappa shape index (κ2) is 3.69. The van der Waals surface area contributed by atoms with Gasteiger partial charge in [-0.2, -0.15) is 4.98 Å². The Morgan fingerprint density at radius 3 is 2.94 bits per heavy atom. The van der Waals surface area contributed by atoms with E-state index in [-0.39, 0.29) is 12.8 Å². The number of anilines is 1. The first-order valence-electron chi connectivity index (χ1n) is 5.43. The predicted octanol–water partition coefficient (Wildman–Crippen LogP) is 2.21. The van der Waals surface area contributed by atoms with Crippen LogP contribution in [0.2, 0.25) is 0 Å². The summed E-state index contributed by atoms with van der Waals surface area (Å²) in [6, 6.07) is 5.83. The Balaban J connectivity index is 2.08. The van der Waals surface area contributed by atoms with Crippen molar-refractivity contribution >= 4 is 6.01 Å². The standard InChI is InChI=1S/C12H12N2O3/c1-2-8-11(17-12(13)14-8)7-3-4-9-10(5-7)16-6-15-9/h3-5H,2,6H2,1H3,(H2,13,14). The number of nitrogens with zero attached hydrogens (tertiary/aromatic N) is 1. The highest BCUT2D eigenvalue weighted by molar-refractivity contribution is 5.65. The van der Waals surface area contributed by atoms with Gasteiger partial charge in [-0.3, -0.25) is 0 Å². The highest BCUT2D eigenvalue weighted by Gasteiger charge is 2.17. The molecule has 0 aliphatic carbocycles. The normalized spacial score (nSPS) is 13.0. The molecule has 0 spiro atoms. The average molecular weight is 232 g/mol. The molecule has 3 rings (SSSR count). The smallest absolute Gasteiger partial charge is 0.292 e. The van der Waals surface area contributed by atoms with Crippen LogP contribution in [0.4, 0.5) is 6.01 Å². The quantitative estimate of drug-likeness (QED) is 0.859. The van der Waals surface area contributed by atoms with Gasteiger partial charge in [0.15, 0.2) is 17.3 Å². The van der Waals surface area contributed by atoms with Gasteiger partial charge in [-0.05, 0) is 24.6 Å². The zero-order valence-electron chi connectivity index (χ0n) is 9.40. The van der Waals surface area contributed by atoms with Crippen LogP contribution < -0.4 is 15.2 Å². The van der Waals surface area contributed by atoms with Crippen LogP contribution >= 0.6 is 0 Å². The van der Waals surface area contributed by atoms with E-state index in [2.05, 4.69) is 4.98 Å². The fourth-order valence-corrected chi connectivity index (χ4v) is 1.87. The number of hydrogen-bond donors (Lipinski definition) is 1. The molecular formula is C12H12N2O3. The van der Waals surface area contributed by atoms with Gasteiger partial charge >= 0.3 is 0 Å².